The Morgan fingerprint density at radius 1 is 1.32 bits per heavy atom. The SMILES string of the molecule is CCNC(C)(C)C(=O)N(Cc1ccccc1)C1CC1. The van der Waals surface area contributed by atoms with Gasteiger partial charge in [-0.15, -0.1) is 0 Å². The molecule has 0 aromatic heterocycles. The Morgan fingerprint density at radius 2 is 1.95 bits per heavy atom. The van der Waals surface area contributed by atoms with Gasteiger partial charge in [0, 0.05) is 12.6 Å². The summed E-state index contributed by atoms with van der Waals surface area (Å²) < 4.78 is 0. The largest absolute Gasteiger partial charge is 0.334 e. The van der Waals surface area contributed by atoms with Gasteiger partial charge >= 0.3 is 0 Å². The first-order valence-electron chi connectivity index (χ1n) is 7.14. The molecule has 0 aliphatic heterocycles. The molecule has 1 aliphatic rings. The molecule has 1 aliphatic carbocycles. The maximum atomic E-state index is 12.7. The van der Waals surface area contributed by atoms with Crippen molar-refractivity contribution >= 4 is 5.91 Å². The molecule has 3 heteroatoms. The monoisotopic (exact) mass is 260 g/mol. The number of nitrogens with one attached hydrogen (secondary N) is 1. The van der Waals surface area contributed by atoms with Crippen LogP contribution in [0.2, 0.25) is 0 Å². The molecule has 2 rings (SSSR count). The van der Waals surface area contributed by atoms with Gasteiger partial charge in [0.1, 0.15) is 0 Å². The number of hydrogen-bond donors (Lipinski definition) is 1. The van der Waals surface area contributed by atoms with Gasteiger partial charge < -0.3 is 10.2 Å². The van der Waals surface area contributed by atoms with Crippen LogP contribution in [-0.4, -0.2) is 28.9 Å². The van der Waals surface area contributed by atoms with Crippen LogP contribution >= 0.6 is 0 Å². The zero-order valence-corrected chi connectivity index (χ0v) is 12.1. The highest BCUT2D eigenvalue weighted by Gasteiger charge is 2.39. The van der Waals surface area contributed by atoms with Crippen LogP contribution in [0, 0.1) is 0 Å². The predicted molar refractivity (Wildman–Crippen MR) is 77.8 cm³/mol. The first-order chi connectivity index (χ1) is 9.04. The second-order valence-corrected chi connectivity index (χ2v) is 5.81. The summed E-state index contributed by atoms with van der Waals surface area (Å²) in [5.41, 5.74) is 0.724. The van der Waals surface area contributed by atoms with Crippen LogP contribution in [0.15, 0.2) is 30.3 Å². The first kappa shape index (κ1) is 14.1. The topological polar surface area (TPSA) is 32.3 Å². The standard InChI is InChI=1S/C16H24N2O/c1-4-17-16(2,3)15(19)18(14-10-11-14)12-13-8-6-5-7-9-13/h5-9,14,17H,4,10-12H2,1-3H3. The number of nitrogens with zero attached hydrogens (tertiary/aromatic N) is 1. The number of hydrogen-bond acceptors (Lipinski definition) is 2. The molecule has 0 spiro atoms. The summed E-state index contributed by atoms with van der Waals surface area (Å²) in [6.45, 7) is 7.51. The molecule has 3 nitrogen and oxygen atoms in total. The van der Waals surface area contributed by atoms with Gasteiger partial charge in [0.2, 0.25) is 5.91 Å². The number of carbonyl (C=O) groups excluding carboxylic acids is 1. The van der Waals surface area contributed by atoms with Crippen molar-refractivity contribution in [3.8, 4) is 0 Å². The number of benzene rings is 1. The molecule has 1 fully saturated rings. The van der Waals surface area contributed by atoms with E-state index in [9.17, 15) is 4.79 Å². The van der Waals surface area contributed by atoms with Crippen LogP contribution in [0.1, 0.15) is 39.2 Å². The summed E-state index contributed by atoms with van der Waals surface area (Å²) in [5.74, 6) is 0.209. The van der Waals surface area contributed by atoms with E-state index in [1.807, 2.05) is 43.9 Å². The highest BCUT2D eigenvalue weighted by atomic mass is 16.2. The molecule has 0 radical (unpaired) electrons. The van der Waals surface area contributed by atoms with Gasteiger partial charge in [-0.1, -0.05) is 37.3 Å². The van der Waals surface area contributed by atoms with E-state index in [2.05, 4.69) is 17.4 Å². The van der Waals surface area contributed by atoms with E-state index in [4.69, 9.17) is 0 Å². The van der Waals surface area contributed by atoms with Crippen LogP contribution in [0.4, 0.5) is 0 Å². The van der Waals surface area contributed by atoms with Crippen LogP contribution in [-0.2, 0) is 11.3 Å². The average Bonchev–Trinajstić information content (AvgIpc) is 3.20. The fourth-order valence-corrected chi connectivity index (χ4v) is 2.41. The predicted octanol–water partition coefficient (Wildman–Crippen LogP) is 2.57. The van der Waals surface area contributed by atoms with E-state index < -0.39 is 5.54 Å². The highest BCUT2D eigenvalue weighted by Crippen LogP contribution is 2.30. The lowest BCUT2D eigenvalue weighted by Gasteiger charge is -2.32. The zero-order chi connectivity index (χ0) is 13.9. The summed E-state index contributed by atoms with van der Waals surface area (Å²) in [5, 5.41) is 3.28. The van der Waals surface area contributed by atoms with E-state index in [1.165, 1.54) is 5.56 Å². The quantitative estimate of drug-likeness (QED) is 0.852. The van der Waals surface area contributed by atoms with Crippen LogP contribution in [0.25, 0.3) is 0 Å². The van der Waals surface area contributed by atoms with Crippen molar-refractivity contribution in [2.75, 3.05) is 6.54 Å². The second-order valence-electron chi connectivity index (χ2n) is 5.81. The maximum Gasteiger partial charge on any atom is 0.242 e. The molecule has 1 saturated carbocycles. The summed E-state index contributed by atoms with van der Waals surface area (Å²) in [7, 11) is 0. The lowest BCUT2D eigenvalue weighted by molar-refractivity contribution is -0.138. The molecule has 0 heterocycles. The fraction of sp³-hybridized carbons (Fsp3) is 0.562. The minimum absolute atomic E-state index is 0.209. The smallest absolute Gasteiger partial charge is 0.242 e. The minimum atomic E-state index is -0.480. The molecule has 1 N–H and O–H groups in total. The Balaban J connectivity index is 2.10. The number of carbonyl (C=O) groups is 1. The Kier molecular flexibility index (Phi) is 4.25. The van der Waals surface area contributed by atoms with E-state index in [0.717, 1.165) is 25.9 Å². The third kappa shape index (κ3) is 3.57. The van der Waals surface area contributed by atoms with E-state index in [-0.39, 0.29) is 5.91 Å². The number of amides is 1. The van der Waals surface area contributed by atoms with Gasteiger partial charge in [0.25, 0.3) is 0 Å². The third-order valence-corrected chi connectivity index (χ3v) is 3.60. The van der Waals surface area contributed by atoms with Crippen molar-refractivity contribution in [1.29, 1.82) is 0 Å². The second kappa shape index (κ2) is 5.74. The van der Waals surface area contributed by atoms with Crippen molar-refractivity contribution in [2.24, 2.45) is 0 Å². The lowest BCUT2D eigenvalue weighted by Crippen LogP contribution is -2.54. The van der Waals surface area contributed by atoms with Gasteiger partial charge in [-0.3, -0.25) is 4.79 Å². The molecule has 0 unspecified atom stereocenters. The van der Waals surface area contributed by atoms with Gasteiger partial charge in [-0.2, -0.15) is 0 Å². The number of rotatable bonds is 6. The Hall–Kier alpha value is -1.35. The van der Waals surface area contributed by atoms with Crippen LogP contribution in [0.3, 0.4) is 0 Å². The molecule has 104 valence electrons. The van der Waals surface area contributed by atoms with Crippen molar-refractivity contribution < 1.29 is 4.79 Å². The highest BCUT2D eigenvalue weighted by molar-refractivity contribution is 5.86. The number of likely N-dealkylation sites (N-methyl/N-ethyl adjacent to an activating group) is 1. The summed E-state index contributed by atoms with van der Waals surface area (Å²) in [6.07, 6.45) is 2.28. The first-order valence-corrected chi connectivity index (χ1v) is 7.14. The van der Waals surface area contributed by atoms with Crippen LogP contribution < -0.4 is 5.32 Å². The molecule has 0 atom stereocenters. The third-order valence-electron chi connectivity index (χ3n) is 3.60. The molecule has 1 aromatic carbocycles. The van der Waals surface area contributed by atoms with Crippen molar-refractivity contribution in [1.82, 2.24) is 10.2 Å². The van der Waals surface area contributed by atoms with Gasteiger partial charge in [0.05, 0.1) is 5.54 Å². The van der Waals surface area contributed by atoms with Gasteiger partial charge in [0.15, 0.2) is 0 Å². The summed E-state index contributed by atoms with van der Waals surface area (Å²) in [4.78, 5) is 14.7. The molecule has 0 bridgehead atoms. The maximum absolute atomic E-state index is 12.7. The van der Waals surface area contributed by atoms with Gasteiger partial charge in [-0.25, -0.2) is 0 Å². The van der Waals surface area contributed by atoms with Gasteiger partial charge in [-0.05, 0) is 38.8 Å². The van der Waals surface area contributed by atoms with Crippen molar-refractivity contribution in [2.45, 2.75) is 51.7 Å². The Morgan fingerprint density at radius 3 is 2.47 bits per heavy atom. The molecule has 19 heavy (non-hydrogen) atoms. The fourth-order valence-electron chi connectivity index (χ4n) is 2.41. The summed E-state index contributed by atoms with van der Waals surface area (Å²) in [6, 6.07) is 10.7. The Labute approximate surface area is 116 Å². The molecular weight excluding hydrogens is 236 g/mol. The van der Waals surface area contributed by atoms with Crippen LogP contribution in [0.5, 0.6) is 0 Å². The molecular formula is C16H24N2O. The minimum Gasteiger partial charge on any atom is -0.334 e. The zero-order valence-electron chi connectivity index (χ0n) is 12.1. The van der Waals surface area contributed by atoms with Crippen molar-refractivity contribution in [3.63, 3.8) is 0 Å². The normalized spacial score (nSPS) is 15.3. The summed E-state index contributed by atoms with van der Waals surface area (Å²) >= 11 is 0. The lowest BCUT2D eigenvalue weighted by atomic mass is 10.0. The van der Waals surface area contributed by atoms with E-state index in [0.29, 0.717) is 6.04 Å². The van der Waals surface area contributed by atoms with E-state index in [1.54, 1.807) is 0 Å². The molecule has 0 saturated heterocycles. The van der Waals surface area contributed by atoms with Crippen molar-refractivity contribution in [3.05, 3.63) is 35.9 Å². The Bertz CT molecular complexity index is 424. The molecule has 1 aromatic rings. The molecule has 1 amide bonds. The average molecular weight is 260 g/mol. The van der Waals surface area contributed by atoms with E-state index >= 15 is 0 Å².